The van der Waals surface area contributed by atoms with Gasteiger partial charge in [0.1, 0.15) is 0 Å². The summed E-state index contributed by atoms with van der Waals surface area (Å²) in [7, 11) is -2.99. The number of piperidine rings is 1. The third kappa shape index (κ3) is 6.47. The minimum absolute atomic E-state index is 0.291. The van der Waals surface area contributed by atoms with Gasteiger partial charge in [0.2, 0.25) is 10.0 Å². The largest absolute Gasteiger partial charge is 0.314 e. The Balaban J connectivity index is 2.18. The maximum atomic E-state index is 11.9. The zero-order valence-electron chi connectivity index (χ0n) is 12.2. The summed E-state index contributed by atoms with van der Waals surface area (Å²) in [4.78, 5) is 0. The molecular formula is C13H28N2O2S2. The molecule has 1 fully saturated rings. The molecule has 0 aromatic rings. The van der Waals surface area contributed by atoms with Crippen molar-refractivity contribution in [2.24, 2.45) is 0 Å². The molecule has 0 saturated carbocycles. The maximum Gasteiger partial charge on any atom is 0.214 e. The van der Waals surface area contributed by atoms with E-state index < -0.39 is 10.0 Å². The molecule has 1 N–H and O–H groups in total. The van der Waals surface area contributed by atoms with Gasteiger partial charge in [-0.05, 0) is 50.7 Å². The SMILES string of the molecule is CCCS(=O)(=O)N1CCC(NCCCCSC)CC1. The average molecular weight is 309 g/mol. The highest BCUT2D eigenvalue weighted by molar-refractivity contribution is 7.98. The van der Waals surface area contributed by atoms with Crippen LogP contribution in [0.5, 0.6) is 0 Å². The molecule has 1 saturated heterocycles. The number of thioether (sulfide) groups is 1. The van der Waals surface area contributed by atoms with E-state index in [0.29, 0.717) is 31.3 Å². The third-order valence-corrected chi connectivity index (χ3v) is 6.29. The molecule has 1 aliphatic heterocycles. The monoisotopic (exact) mass is 308 g/mol. The van der Waals surface area contributed by atoms with Crippen molar-refractivity contribution in [2.45, 2.75) is 45.1 Å². The Labute approximate surface area is 122 Å². The fourth-order valence-electron chi connectivity index (χ4n) is 2.40. The Bertz CT molecular complexity index is 326. The molecule has 0 aromatic carbocycles. The van der Waals surface area contributed by atoms with Crippen molar-refractivity contribution in [3.05, 3.63) is 0 Å². The van der Waals surface area contributed by atoms with Crippen LogP contribution in [0.4, 0.5) is 0 Å². The van der Waals surface area contributed by atoms with Gasteiger partial charge in [-0.1, -0.05) is 6.92 Å². The third-order valence-electron chi connectivity index (χ3n) is 3.52. The number of sulfonamides is 1. The summed E-state index contributed by atoms with van der Waals surface area (Å²) in [5.74, 6) is 1.52. The lowest BCUT2D eigenvalue weighted by Gasteiger charge is -2.31. The number of unbranched alkanes of at least 4 members (excludes halogenated alkanes) is 1. The lowest BCUT2D eigenvalue weighted by molar-refractivity contribution is 0.289. The van der Waals surface area contributed by atoms with Crippen LogP contribution in [-0.2, 0) is 10.0 Å². The molecule has 0 aromatic heterocycles. The fourth-order valence-corrected chi connectivity index (χ4v) is 4.44. The van der Waals surface area contributed by atoms with Crippen LogP contribution in [0.1, 0.15) is 39.0 Å². The molecule has 0 spiro atoms. The predicted octanol–water partition coefficient (Wildman–Crippen LogP) is 1.92. The number of hydrogen-bond donors (Lipinski definition) is 1. The molecule has 0 unspecified atom stereocenters. The number of rotatable bonds is 9. The second-order valence-corrected chi connectivity index (χ2v) is 8.22. The normalized spacial score (nSPS) is 18.8. The Hall–Kier alpha value is 0.220. The van der Waals surface area contributed by atoms with Gasteiger partial charge in [-0.25, -0.2) is 12.7 Å². The standard InChI is InChI=1S/C13H28N2O2S2/c1-3-12-19(16,17)15-9-6-13(7-10-15)14-8-4-5-11-18-2/h13-14H,3-12H2,1-2H3. The van der Waals surface area contributed by atoms with Gasteiger partial charge in [-0.3, -0.25) is 0 Å². The molecule has 4 nitrogen and oxygen atoms in total. The molecule has 0 amide bonds. The van der Waals surface area contributed by atoms with Crippen LogP contribution in [-0.4, -0.2) is 56.2 Å². The molecule has 114 valence electrons. The van der Waals surface area contributed by atoms with Crippen LogP contribution in [0, 0.1) is 0 Å². The Morgan fingerprint density at radius 2 is 1.95 bits per heavy atom. The highest BCUT2D eigenvalue weighted by atomic mass is 32.2. The Morgan fingerprint density at radius 1 is 1.26 bits per heavy atom. The molecule has 1 heterocycles. The van der Waals surface area contributed by atoms with E-state index >= 15 is 0 Å². The molecule has 1 rings (SSSR count). The van der Waals surface area contributed by atoms with E-state index in [-0.39, 0.29) is 0 Å². The van der Waals surface area contributed by atoms with Crippen LogP contribution in [0.15, 0.2) is 0 Å². The van der Waals surface area contributed by atoms with Crippen LogP contribution in [0.2, 0.25) is 0 Å². The fraction of sp³-hybridized carbons (Fsp3) is 1.00. The topological polar surface area (TPSA) is 49.4 Å². The predicted molar refractivity (Wildman–Crippen MR) is 84.3 cm³/mol. The van der Waals surface area contributed by atoms with Crippen molar-refractivity contribution in [2.75, 3.05) is 37.4 Å². The zero-order chi connectivity index (χ0) is 14.1. The zero-order valence-corrected chi connectivity index (χ0v) is 13.9. The van der Waals surface area contributed by atoms with Crippen molar-refractivity contribution in [3.8, 4) is 0 Å². The van der Waals surface area contributed by atoms with Gasteiger partial charge in [0.25, 0.3) is 0 Å². The van der Waals surface area contributed by atoms with E-state index in [1.807, 2.05) is 18.7 Å². The second-order valence-electron chi connectivity index (χ2n) is 5.14. The van der Waals surface area contributed by atoms with Crippen molar-refractivity contribution in [1.29, 1.82) is 0 Å². The summed E-state index contributed by atoms with van der Waals surface area (Å²) >= 11 is 1.89. The number of nitrogens with one attached hydrogen (secondary N) is 1. The molecule has 0 aliphatic carbocycles. The molecular weight excluding hydrogens is 280 g/mol. The van der Waals surface area contributed by atoms with E-state index in [4.69, 9.17) is 0 Å². The quantitative estimate of drug-likeness (QED) is 0.661. The Morgan fingerprint density at radius 3 is 2.53 bits per heavy atom. The second kappa shape index (κ2) is 9.21. The van der Waals surface area contributed by atoms with Gasteiger partial charge in [-0.2, -0.15) is 11.8 Å². The van der Waals surface area contributed by atoms with E-state index in [1.165, 1.54) is 18.6 Å². The highest BCUT2D eigenvalue weighted by Crippen LogP contribution is 2.15. The first kappa shape index (κ1) is 17.3. The van der Waals surface area contributed by atoms with Gasteiger partial charge in [0, 0.05) is 19.1 Å². The van der Waals surface area contributed by atoms with E-state index in [1.54, 1.807) is 4.31 Å². The molecule has 1 aliphatic rings. The van der Waals surface area contributed by atoms with Gasteiger partial charge in [0.05, 0.1) is 5.75 Å². The van der Waals surface area contributed by atoms with E-state index in [2.05, 4.69) is 11.6 Å². The minimum Gasteiger partial charge on any atom is -0.314 e. The smallest absolute Gasteiger partial charge is 0.214 e. The van der Waals surface area contributed by atoms with E-state index in [0.717, 1.165) is 19.4 Å². The summed E-state index contributed by atoms with van der Waals surface area (Å²) < 4.78 is 25.5. The summed E-state index contributed by atoms with van der Waals surface area (Å²) in [6.45, 7) is 4.35. The molecule has 6 heteroatoms. The lowest BCUT2D eigenvalue weighted by atomic mass is 10.1. The maximum absolute atomic E-state index is 11.9. The first-order chi connectivity index (χ1) is 9.10. The van der Waals surface area contributed by atoms with Crippen LogP contribution in [0.3, 0.4) is 0 Å². The van der Waals surface area contributed by atoms with E-state index in [9.17, 15) is 8.42 Å². The van der Waals surface area contributed by atoms with Crippen molar-refractivity contribution in [3.63, 3.8) is 0 Å². The molecule has 0 bridgehead atoms. The van der Waals surface area contributed by atoms with Crippen LogP contribution in [0.25, 0.3) is 0 Å². The van der Waals surface area contributed by atoms with Crippen molar-refractivity contribution in [1.82, 2.24) is 9.62 Å². The number of nitrogens with zero attached hydrogens (tertiary/aromatic N) is 1. The minimum atomic E-state index is -2.99. The molecule has 19 heavy (non-hydrogen) atoms. The Kier molecular flexibility index (Phi) is 8.37. The number of hydrogen-bond acceptors (Lipinski definition) is 4. The highest BCUT2D eigenvalue weighted by Gasteiger charge is 2.26. The molecule has 0 radical (unpaired) electrons. The summed E-state index contributed by atoms with van der Waals surface area (Å²) in [5.41, 5.74) is 0. The van der Waals surface area contributed by atoms with Gasteiger partial charge in [-0.15, -0.1) is 0 Å². The molecule has 0 atom stereocenters. The van der Waals surface area contributed by atoms with Gasteiger partial charge in [0.15, 0.2) is 0 Å². The van der Waals surface area contributed by atoms with Crippen molar-refractivity contribution >= 4 is 21.8 Å². The van der Waals surface area contributed by atoms with Crippen LogP contribution >= 0.6 is 11.8 Å². The first-order valence-electron chi connectivity index (χ1n) is 7.30. The summed E-state index contributed by atoms with van der Waals surface area (Å²) in [5, 5.41) is 3.55. The summed E-state index contributed by atoms with van der Waals surface area (Å²) in [6.07, 6.45) is 7.22. The average Bonchev–Trinajstić information content (AvgIpc) is 2.39. The first-order valence-corrected chi connectivity index (χ1v) is 10.3. The lowest BCUT2D eigenvalue weighted by Crippen LogP contribution is -2.45. The van der Waals surface area contributed by atoms with Gasteiger partial charge >= 0.3 is 0 Å². The van der Waals surface area contributed by atoms with Crippen LogP contribution < -0.4 is 5.32 Å². The van der Waals surface area contributed by atoms with Gasteiger partial charge < -0.3 is 5.32 Å². The summed E-state index contributed by atoms with van der Waals surface area (Å²) in [6, 6.07) is 0.502. The van der Waals surface area contributed by atoms with Crippen molar-refractivity contribution < 1.29 is 8.42 Å².